The van der Waals surface area contributed by atoms with E-state index in [-0.39, 0.29) is 18.1 Å². The molecular weight excluding hydrogens is 289 g/mol. The van der Waals surface area contributed by atoms with Gasteiger partial charge < -0.3 is 5.32 Å². The van der Waals surface area contributed by atoms with E-state index in [4.69, 9.17) is 0 Å². The Morgan fingerprint density at radius 3 is 2.09 bits per heavy atom. The van der Waals surface area contributed by atoms with Crippen molar-refractivity contribution in [1.29, 1.82) is 0 Å². The second kappa shape index (κ2) is 6.88. The standard InChI is InChI=1S/C20H16FNO/c21-19-9-5-4-8-17(19)14-20(23)22-18-12-10-16(11-13-18)15-6-2-1-3-7-15/h1-13H,14H2,(H,22,23). The summed E-state index contributed by atoms with van der Waals surface area (Å²) in [5.41, 5.74) is 3.30. The van der Waals surface area contributed by atoms with Gasteiger partial charge in [-0.15, -0.1) is 0 Å². The van der Waals surface area contributed by atoms with Gasteiger partial charge in [-0.2, -0.15) is 0 Å². The van der Waals surface area contributed by atoms with Crippen molar-refractivity contribution in [2.75, 3.05) is 5.32 Å². The third kappa shape index (κ3) is 3.83. The lowest BCUT2D eigenvalue weighted by molar-refractivity contribution is -0.115. The average molecular weight is 305 g/mol. The summed E-state index contributed by atoms with van der Waals surface area (Å²) in [5.74, 6) is -0.593. The molecule has 0 aromatic heterocycles. The van der Waals surface area contributed by atoms with Crippen molar-refractivity contribution in [3.8, 4) is 11.1 Å². The summed E-state index contributed by atoms with van der Waals surface area (Å²) in [4.78, 5) is 12.0. The number of carbonyl (C=O) groups excluding carboxylic acids is 1. The maximum absolute atomic E-state index is 13.5. The molecule has 2 nitrogen and oxygen atoms in total. The lowest BCUT2D eigenvalue weighted by Gasteiger charge is -2.07. The minimum Gasteiger partial charge on any atom is -0.326 e. The van der Waals surface area contributed by atoms with E-state index in [9.17, 15) is 9.18 Å². The van der Waals surface area contributed by atoms with Crippen molar-refractivity contribution in [1.82, 2.24) is 0 Å². The minimum absolute atomic E-state index is 0.0209. The zero-order chi connectivity index (χ0) is 16.1. The molecule has 0 fully saturated rings. The third-order valence-electron chi connectivity index (χ3n) is 3.58. The van der Waals surface area contributed by atoms with Crippen molar-refractivity contribution in [2.45, 2.75) is 6.42 Å². The zero-order valence-electron chi connectivity index (χ0n) is 12.5. The van der Waals surface area contributed by atoms with Gasteiger partial charge in [-0.25, -0.2) is 4.39 Å². The highest BCUT2D eigenvalue weighted by Crippen LogP contribution is 2.21. The number of hydrogen-bond donors (Lipinski definition) is 1. The van der Waals surface area contributed by atoms with Crippen LogP contribution in [0.1, 0.15) is 5.56 Å². The molecule has 0 spiro atoms. The van der Waals surface area contributed by atoms with Gasteiger partial charge in [0.15, 0.2) is 0 Å². The van der Waals surface area contributed by atoms with Gasteiger partial charge in [-0.1, -0.05) is 60.7 Å². The number of amides is 1. The van der Waals surface area contributed by atoms with E-state index >= 15 is 0 Å². The fourth-order valence-corrected chi connectivity index (χ4v) is 2.40. The first-order valence-electron chi connectivity index (χ1n) is 7.41. The van der Waals surface area contributed by atoms with Crippen molar-refractivity contribution >= 4 is 11.6 Å². The number of nitrogens with one attached hydrogen (secondary N) is 1. The smallest absolute Gasteiger partial charge is 0.228 e. The zero-order valence-corrected chi connectivity index (χ0v) is 12.5. The number of halogens is 1. The van der Waals surface area contributed by atoms with Crippen molar-refractivity contribution < 1.29 is 9.18 Å². The summed E-state index contributed by atoms with van der Waals surface area (Å²) in [7, 11) is 0. The van der Waals surface area contributed by atoms with Gasteiger partial charge in [0.05, 0.1) is 6.42 Å². The Kier molecular flexibility index (Phi) is 4.48. The molecule has 0 aliphatic rings. The molecule has 0 aliphatic carbocycles. The molecule has 0 unspecified atom stereocenters. The van der Waals surface area contributed by atoms with Crippen LogP contribution in [0.4, 0.5) is 10.1 Å². The van der Waals surface area contributed by atoms with E-state index in [0.29, 0.717) is 11.3 Å². The molecule has 1 amide bonds. The van der Waals surface area contributed by atoms with E-state index < -0.39 is 0 Å². The Hall–Kier alpha value is -2.94. The maximum Gasteiger partial charge on any atom is 0.228 e. The molecule has 0 heterocycles. The first kappa shape index (κ1) is 15.0. The van der Waals surface area contributed by atoms with E-state index in [2.05, 4.69) is 5.32 Å². The van der Waals surface area contributed by atoms with Gasteiger partial charge in [-0.3, -0.25) is 4.79 Å². The van der Waals surface area contributed by atoms with Gasteiger partial charge in [0.2, 0.25) is 5.91 Å². The molecule has 3 rings (SSSR count). The van der Waals surface area contributed by atoms with Crippen LogP contribution in [0.3, 0.4) is 0 Å². The summed E-state index contributed by atoms with van der Waals surface area (Å²) in [6.45, 7) is 0. The van der Waals surface area contributed by atoms with Crippen LogP contribution < -0.4 is 5.32 Å². The first-order chi connectivity index (χ1) is 11.2. The Bertz CT molecular complexity index is 797. The molecule has 0 bridgehead atoms. The summed E-state index contributed by atoms with van der Waals surface area (Å²) in [5, 5.41) is 2.79. The van der Waals surface area contributed by atoms with Crippen LogP contribution in [-0.4, -0.2) is 5.91 Å². The third-order valence-corrected chi connectivity index (χ3v) is 3.58. The molecule has 1 N–H and O–H groups in total. The highest BCUT2D eigenvalue weighted by atomic mass is 19.1. The maximum atomic E-state index is 13.5. The second-order valence-electron chi connectivity index (χ2n) is 5.26. The summed E-state index contributed by atoms with van der Waals surface area (Å²) in [6, 6.07) is 23.9. The Labute approximate surface area is 134 Å². The van der Waals surface area contributed by atoms with Crippen LogP contribution in [0.15, 0.2) is 78.9 Å². The van der Waals surface area contributed by atoms with Crippen LogP contribution in [0.5, 0.6) is 0 Å². The minimum atomic E-state index is -0.359. The van der Waals surface area contributed by atoms with E-state index in [1.54, 1.807) is 18.2 Å². The molecular formula is C20H16FNO. The number of carbonyl (C=O) groups is 1. The molecule has 0 saturated carbocycles. The molecule has 0 aliphatic heterocycles. The van der Waals surface area contributed by atoms with E-state index in [0.717, 1.165) is 11.1 Å². The largest absolute Gasteiger partial charge is 0.326 e. The molecule has 0 saturated heterocycles. The summed E-state index contributed by atoms with van der Waals surface area (Å²) in [6.07, 6.45) is 0.0209. The number of rotatable bonds is 4. The summed E-state index contributed by atoms with van der Waals surface area (Å²) >= 11 is 0. The average Bonchev–Trinajstić information content (AvgIpc) is 2.58. The van der Waals surface area contributed by atoms with Crippen molar-refractivity contribution in [2.24, 2.45) is 0 Å². The summed E-state index contributed by atoms with van der Waals surface area (Å²) < 4.78 is 13.5. The monoisotopic (exact) mass is 305 g/mol. The second-order valence-corrected chi connectivity index (χ2v) is 5.26. The Balaban J connectivity index is 1.66. The van der Waals surface area contributed by atoms with Gasteiger partial charge in [0.1, 0.15) is 5.82 Å². The number of benzene rings is 3. The van der Waals surface area contributed by atoms with E-state index in [1.807, 2.05) is 54.6 Å². The van der Waals surface area contributed by atoms with E-state index in [1.165, 1.54) is 6.07 Å². The topological polar surface area (TPSA) is 29.1 Å². The predicted octanol–water partition coefficient (Wildman–Crippen LogP) is 4.67. The van der Waals surface area contributed by atoms with Crippen LogP contribution >= 0.6 is 0 Å². The first-order valence-corrected chi connectivity index (χ1v) is 7.41. The molecule has 3 heteroatoms. The number of hydrogen-bond acceptors (Lipinski definition) is 1. The SMILES string of the molecule is O=C(Cc1ccccc1F)Nc1ccc(-c2ccccc2)cc1. The van der Waals surface area contributed by atoms with Gasteiger partial charge in [0.25, 0.3) is 0 Å². The predicted molar refractivity (Wildman–Crippen MR) is 90.6 cm³/mol. The van der Waals surface area contributed by atoms with Gasteiger partial charge in [-0.05, 0) is 34.9 Å². The molecule has 0 radical (unpaired) electrons. The van der Waals surface area contributed by atoms with Crippen molar-refractivity contribution in [3.05, 3.63) is 90.2 Å². The lowest BCUT2D eigenvalue weighted by atomic mass is 10.1. The highest BCUT2D eigenvalue weighted by molar-refractivity contribution is 5.92. The molecule has 114 valence electrons. The molecule has 0 atom stereocenters. The fraction of sp³-hybridized carbons (Fsp3) is 0.0500. The molecule has 23 heavy (non-hydrogen) atoms. The number of anilines is 1. The highest BCUT2D eigenvalue weighted by Gasteiger charge is 2.08. The fourth-order valence-electron chi connectivity index (χ4n) is 2.40. The van der Waals surface area contributed by atoms with Crippen molar-refractivity contribution in [3.63, 3.8) is 0 Å². The van der Waals surface area contributed by atoms with Crippen LogP contribution in [0.2, 0.25) is 0 Å². The van der Waals surface area contributed by atoms with Crippen LogP contribution in [0.25, 0.3) is 11.1 Å². The Morgan fingerprint density at radius 2 is 1.39 bits per heavy atom. The van der Waals surface area contributed by atoms with Crippen LogP contribution in [0, 0.1) is 5.82 Å². The molecule has 3 aromatic carbocycles. The van der Waals surface area contributed by atoms with Gasteiger partial charge in [0, 0.05) is 5.69 Å². The Morgan fingerprint density at radius 1 is 0.783 bits per heavy atom. The van der Waals surface area contributed by atoms with Crippen LogP contribution in [-0.2, 0) is 11.2 Å². The quantitative estimate of drug-likeness (QED) is 0.745. The van der Waals surface area contributed by atoms with Gasteiger partial charge >= 0.3 is 0 Å². The normalized spacial score (nSPS) is 10.3. The lowest BCUT2D eigenvalue weighted by Crippen LogP contribution is -2.15. The molecule has 3 aromatic rings.